The van der Waals surface area contributed by atoms with Gasteiger partial charge in [-0.3, -0.25) is 9.36 Å². The zero-order chi connectivity index (χ0) is 19.4. The summed E-state index contributed by atoms with van der Waals surface area (Å²) < 4.78 is 23.9. The van der Waals surface area contributed by atoms with Crippen molar-refractivity contribution in [3.63, 3.8) is 0 Å². The fourth-order valence-electron chi connectivity index (χ4n) is 2.58. The Labute approximate surface area is 155 Å². The molecule has 3 rings (SSSR count). The fourth-order valence-corrected chi connectivity index (χ4v) is 3.09. The van der Waals surface area contributed by atoms with Gasteiger partial charge in [0.15, 0.2) is 0 Å². The second-order valence-electron chi connectivity index (χ2n) is 5.92. The lowest BCUT2D eigenvalue weighted by atomic mass is 10.2. The maximum Gasteiger partial charge on any atom is 0.326 e. The summed E-state index contributed by atoms with van der Waals surface area (Å²) in [4.78, 5) is 27.0. The molecule has 3 aromatic rings. The molecule has 140 valence electrons. The first-order valence-corrected chi connectivity index (χ1v) is 9.61. The first-order chi connectivity index (χ1) is 12.8. The predicted molar refractivity (Wildman–Crippen MR) is 99.6 cm³/mol. The van der Waals surface area contributed by atoms with Crippen molar-refractivity contribution in [1.29, 1.82) is 0 Å². The molecule has 1 aromatic heterocycles. The summed E-state index contributed by atoms with van der Waals surface area (Å²) >= 11 is 0. The molecule has 9 heteroatoms. The Bertz CT molecular complexity index is 1100. The first-order valence-electron chi connectivity index (χ1n) is 8.06. The summed E-state index contributed by atoms with van der Waals surface area (Å²) in [6, 6.07) is 15.2. The van der Waals surface area contributed by atoms with Gasteiger partial charge in [-0.15, -0.1) is 0 Å². The number of amides is 1. The van der Waals surface area contributed by atoms with Crippen LogP contribution in [0, 0.1) is 0 Å². The number of H-pyrrole nitrogens is 1. The molecule has 1 amide bonds. The summed E-state index contributed by atoms with van der Waals surface area (Å²) in [6.07, 6.45) is 1.37. The number of aromatic amines is 1. The minimum atomic E-state index is -3.76. The number of nitrogens with one attached hydrogen (secondary N) is 2. The monoisotopic (exact) mass is 386 g/mol. The molecule has 8 nitrogen and oxygen atoms in total. The van der Waals surface area contributed by atoms with Crippen molar-refractivity contribution in [2.24, 2.45) is 5.14 Å². The van der Waals surface area contributed by atoms with Crippen LogP contribution in [0.3, 0.4) is 0 Å². The van der Waals surface area contributed by atoms with E-state index < -0.39 is 15.9 Å². The number of carbonyl (C=O) groups is 1. The molecule has 0 atom stereocenters. The van der Waals surface area contributed by atoms with E-state index in [4.69, 9.17) is 5.14 Å². The van der Waals surface area contributed by atoms with Crippen LogP contribution >= 0.6 is 0 Å². The fraction of sp³-hybridized carbons (Fsp3) is 0.111. The van der Waals surface area contributed by atoms with Gasteiger partial charge in [0.1, 0.15) is 5.69 Å². The molecule has 27 heavy (non-hydrogen) atoms. The molecule has 0 bridgehead atoms. The Hall–Kier alpha value is -3.17. The Kier molecular flexibility index (Phi) is 5.24. The molecule has 0 aliphatic heterocycles. The van der Waals surface area contributed by atoms with Gasteiger partial charge in [-0.2, -0.15) is 0 Å². The van der Waals surface area contributed by atoms with Crippen LogP contribution in [-0.4, -0.2) is 23.9 Å². The third kappa shape index (κ3) is 4.52. The molecular formula is C18H18N4O4S. The van der Waals surface area contributed by atoms with Gasteiger partial charge < -0.3 is 10.3 Å². The number of carbonyl (C=O) groups excluding carboxylic acids is 1. The Balaban J connectivity index is 1.71. The molecule has 0 radical (unpaired) electrons. The van der Waals surface area contributed by atoms with Crippen molar-refractivity contribution in [1.82, 2.24) is 14.9 Å². The molecule has 0 saturated heterocycles. The van der Waals surface area contributed by atoms with E-state index in [2.05, 4.69) is 10.3 Å². The van der Waals surface area contributed by atoms with Crippen LogP contribution in [0.25, 0.3) is 0 Å². The molecule has 4 N–H and O–H groups in total. The number of hydrogen-bond donors (Lipinski definition) is 3. The topological polar surface area (TPSA) is 127 Å². The highest BCUT2D eigenvalue weighted by Gasteiger charge is 2.15. The average Bonchev–Trinajstić information content (AvgIpc) is 3.01. The van der Waals surface area contributed by atoms with Gasteiger partial charge in [-0.25, -0.2) is 18.4 Å². The lowest BCUT2D eigenvalue weighted by Crippen LogP contribution is -2.29. The number of primary sulfonamides is 1. The van der Waals surface area contributed by atoms with E-state index >= 15 is 0 Å². The highest BCUT2D eigenvalue weighted by Crippen LogP contribution is 2.09. The number of rotatable bonds is 6. The maximum atomic E-state index is 12.5. The van der Waals surface area contributed by atoms with Gasteiger partial charge in [0.2, 0.25) is 10.0 Å². The summed E-state index contributed by atoms with van der Waals surface area (Å²) in [5, 5.41) is 7.77. The minimum Gasteiger partial charge on any atom is -0.347 e. The highest BCUT2D eigenvalue weighted by atomic mass is 32.2. The first kappa shape index (κ1) is 18.6. The normalized spacial score (nSPS) is 11.3. The Morgan fingerprint density at radius 3 is 2.33 bits per heavy atom. The maximum absolute atomic E-state index is 12.5. The number of benzene rings is 2. The molecule has 0 saturated carbocycles. The number of nitrogens with two attached hydrogens (primary N) is 1. The van der Waals surface area contributed by atoms with E-state index in [0.29, 0.717) is 5.56 Å². The molecule has 1 heterocycles. The van der Waals surface area contributed by atoms with Gasteiger partial charge in [0.05, 0.1) is 11.4 Å². The number of aromatic nitrogens is 2. The Morgan fingerprint density at radius 1 is 1.04 bits per heavy atom. The van der Waals surface area contributed by atoms with E-state index in [-0.39, 0.29) is 29.4 Å². The molecule has 0 unspecified atom stereocenters. The van der Waals surface area contributed by atoms with Crippen molar-refractivity contribution in [3.05, 3.63) is 88.1 Å². The molecule has 0 fully saturated rings. The SMILES string of the molecule is NS(=O)(=O)c1ccc(CNC(=O)c2c[nH]c(=O)n2Cc2ccccc2)cc1. The quantitative estimate of drug-likeness (QED) is 0.579. The van der Waals surface area contributed by atoms with E-state index in [9.17, 15) is 18.0 Å². The zero-order valence-electron chi connectivity index (χ0n) is 14.3. The van der Waals surface area contributed by atoms with Crippen molar-refractivity contribution in [2.45, 2.75) is 18.0 Å². The lowest BCUT2D eigenvalue weighted by Gasteiger charge is -2.09. The second-order valence-corrected chi connectivity index (χ2v) is 7.48. The van der Waals surface area contributed by atoms with E-state index in [1.165, 1.54) is 22.9 Å². The number of hydrogen-bond acceptors (Lipinski definition) is 4. The summed E-state index contributed by atoms with van der Waals surface area (Å²) in [7, 11) is -3.76. The van der Waals surface area contributed by atoms with Crippen molar-refractivity contribution in [3.8, 4) is 0 Å². The van der Waals surface area contributed by atoms with Crippen LogP contribution in [0.15, 0.2) is 70.5 Å². The van der Waals surface area contributed by atoms with E-state index in [1.807, 2.05) is 30.3 Å². The minimum absolute atomic E-state index is 0.0000827. The number of sulfonamides is 1. The van der Waals surface area contributed by atoms with Crippen molar-refractivity contribution < 1.29 is 13.2 Å². The van der Waals surface area contributed by atoms with Crippen LogP contribution in [-0.2, 0) is 23.1 Å². The predicted octanol–water partition coefficient (Wildman–Crippen LogP) is 0.802. The van der Waals surface area contributed by atoms with Gasteiger partial charge in [-0.05, 0) is 23.3 Å². The van der Waals surface area contributed by atoms with Crippen molar-refractivity contribution in [2.75, 3.05) is 0 Å². The highest BCUT2D eigenvalue weighted by molar-refractivity contribution is 7.89. The smallest absolute Gasteiger partial charge is 0.326 e. The standard InChI is InChI=1S/C18H18N4O4S/c19-27(25,26)15-8-6-13(7-9-15)10-20-17(23)16-11-21-18(24)22(16)12-14-4-2-1-3-5-14/h1-9,11H,10,12H2,(H,20,23)(H,21,24)(H2,19,25,26). The summed E-state index contributed by atoms with van der Waals surface area (Å²) in [5.41, 5.74) is 1.43. The van der Waals surface area contributed by atoms with Crippen LogP contribution in [0.1, 0.15) is 21.6 Å². The van der Waals surface area contributed by atoms with Crippen LogP contribution in [0.5, 0.6) is 0 Å². The van der Waals surface area contributed by atoms with Gasteiger partial charge in [0, 0.05) is 12.7 Å². The van der Waals surface area contributed by atoms with Crippen LogP contribution in [0.2, 0.25) is 0 Å². The molecular weight excluding hydrogens is 368 g/mol. The van der Waals surface area contributed by atoms with E-state index in [0.717, 1.165) is 5.56 Å². The molecule has 0 aliphatic rings. The zero-order valence-corrected chi connectivity index (χ0v) is 15.1. The van der Waals surface area contributed by atoms with Gasteiger partial charge in [0.25, 0.3) is 5.91 Å². The summed E-state index contributed by atoms with van der Waals surface area (Å²) in [6.45, 7) is 0.448. The Morgan fingerprint density at radius 2 is 1.70 bits per heavy atom. The summed E-state index contributed by atoms with van der Waals surface area (Å²) in [5.74, 6) is -0.417. The van der Waals surface area contributed by atoms with Gasteiger partial charge in [-0.1, -0.05) is 42.5 Å². The molecule has 0 aliphatic carbocycles. The van der Waals surface area contributed by atoms with Crippen LogP contribution < -0.4 is 16.1 Å². The molecule has 0 spiro atoms. The third-order valence-electron chi connectivity index (χ3n) is 3.99. The second kappa shape index (κ2) is 7.60. The van der Waals surface area contributed by atoms with Gasteiger partial charge >= 0.3 is 5.69 Å². The largest absolute Gasteiger partial charge is 0.347 e. The van der Waals surface area contributed by atoms with Crippen molar-refractivity contribution >= 4 is 15.9 Å². The average molecular weight is 386 g/mol. The third-order valence-corrected chi connectivity index (χ3v) is 4.92. The van der Waals surface area contributed by atoms with Crippen LogP contribution in [0.4, 0.5) is 0 Å². The van der Waals surface area contributed by atoms with E-state index in [1.54, 1.807) is 12.1 Å². The lowest BCUT2D eigenvalue weighted by molar-refractivity contribution is 0.0941. The number of imidazole rings is 1. The number of nitrogens with zero attached hydrogens (tertiary/aromatic N) is 1. The molecule has 2 aromatic carbocycles.